The quantitative estimate of drug-likeness (QED) is 0.642. The largest absolute Gasteiger partial charge is 0.464 e. The van der Waals surface area contributed by atoms with Crippen molar-refractivity contribution in [2.24, 2.45) is 0 Å². The second kappa shape index (κ2) is 2.81. The number of oxazole rings is 1. The second-order valence-corrected chi connectivity index (χ2v) is 3.39. The molecule has 12 heavy (non-hydrogen) atoms. The Balaban J connectivity index is 2.32. The Morgan fingerprint density at radius 1 is 1.42 bits per heavy atom. The number of aryl methyl sites for hydroxylation is 1. The molecular weight excluding hydrogens is 154 g/mol. The van der Waals surface area contributed by atoms with Gasteiger partial charge in [0.15, 0.2) is 0 Å². The Bertz CT molecular complexity index is 255. The van der Waals surface area contributed by atoms with Crippen molar-refractivity contribution in [2.75, 3.05) is 6.61 Å². The third kappa shape index (κ3) is 1.19. The van der Waals surface area contributed by atoms with Gasteiger partial charge in [0.05, 0.1) is 6.61 Å². The lowest BCUT2D eigenvalue weighted by atomic mass is 10.2. The first-order valence-electron chi connectivity index (χ1n) is 4.40. The highest BCUT2D eigenvalue weighted by atomic mass is 16.6. The van der Waals surface area contributed by atoms with E-state index in [9.17, 15) is 0 Å². The smallest absolute Gasteiger partial charge is 0.308 e. The molecule has 0 atom stereocenters. The van der Waals surface area contributed by atoms with E-state index < -0.39 is 0 Å². The van der Waals surface area contributed by atoms with Gasteiger partial charge in [-0.15, -0.1) is 0 Å². The van der Waals surface area contributed by atoms with Gasteiger partial charge in [-0.05, 0) is 6.42 Å². The lowest BCUT2D eigenvalue weighted by Gasteiger charge is -2.08. The van der Waals surface area contributed by atoms with Crippen molar-refractivity contribution in [1.82, 2.24) is 4.98 Å². The fraction of sp³-hybridized carbons (Fsp3) is 0.667. The number of ether oxygens (including phenoxy) is 1. The van der Waals surface area contributed by atoms with Crippen LogP contribution in [0.2, 0.25) is 0 Å². The molecule has 0 aliphatic carbocycles. The van der Waals surface area contributed by atoms with Crippen molar-refractivity contribution in [3.63, 3.8) is 0 Å². The molecule has 1 aromatic heterocycles. The number of fused-ring (bicyclic) bond motifs is 1. The molecule has 0 fully saturated rings. The highest BCUT2D eigenvalue weighted by molar-refractivity contribution is 5.19. The summed E-state index contributed by atoms with van der Waals surface area (Å²) >= 11 is 0. The van der Waals surface area contributed by atoms with Crippen LogP contribution in [0.1, 0.15) is 37.8 Å². The van der Waals surface area contributed by atoms with Crippen LogP contribution in [-0.4, -0.2) is 11.6 Å². The third-order valence-corrected chi connectivity index (χ3v) is 1.96. The standard InChI is InChI=1S/C9H13NO2/c1-6(2)8-10-7-4-3-5-11-9(7)12-8/h6H,3-5H2,1-2H3. The van der Waals surface area contributed by atoms with E-state index in [1.54, 1.807) is 0 Å². The van der Waals surface area contributed by atoms with Crippen LogP contribution in [0, 0.1) is 0 Å². The first kappa shape index (κ1) is 7.65. The molecule has 2 rings (SSSR count). The van der Waals surface area contributed by atoms with Gasteiger partial charge in [0.2, 0.25) is 5.89 Å². The number of aromatic nitrogens is 1. The first-order chi connectivity index (χ1) is 5.77. The maximum absolute atomic E-state index is 5.43. The third-order valence-electron chi connectivity index (χ3n) is 1.96. The van der Waals surface area contributed by atoms with E-state index in [0.717, 1.165) is 31.0 Å². The monoisotopic (exact) mass is 167 g/mol. The van der Waals surface area contributed by atoms with Crippen LogP contribution in [0.5, 0.6) is 5.95 Å². The first-order valence-corrected chi connectivity index (χ1v) is 4.40. The Morgan fingerprint density at radius 2 is 2.25 bits per heavy atom. The van der Waals surface area contributed by atoms with Gasteiger partial charge < -0.3 is 9.15 Å². The zero-order chi connectivity index (χ0) is 8.55. The van der Waals surface area contributed by atoms with Gasteiger partial charge in [-0.1, -0.05) is 13.8 Å². The van der Waals surface area contributed by atoms with Gasteiger partial charge in [-0.2, -0.15) is 0 Å². The highest BCUT2D eigenvalue weighted by Crippen LogP contribution is 2.28. The van der Waals surface area contributed by atoms with E-state index in [-0.39, 0.29) is 0 Å². The average Bonchev–Trinajstić information content (AvgIpc) is 2.46. The summed E-state index contributed by atoms with van der Waals surface area (Å²) in [7, 11) is 0. The van der Waals surface area contributed by atoms with Gasteiger partial charge in [-0.25, -0.2) is 4.98 Å². The van der Waals surface area contributed by atoms with Crippen LogP contribution in [-0.2, 0) is 6.42 Å². The minimum absolute atomic E-state index is 0.346. The van der Waals surface area contributed by atoms with E-state index in [4.69, 9.17) is 9.15 Å². The molecule has 1 aliphatic rings. The van der Waals surface area contributed by atoms with E-state index in [1.165, 1.54) is 0 Å². The molecule has 0 amide bonds. The van der Waals surface area contributed by atoms with E-state index in [0.29, 0.717) is 11.9 Å². The molecule has 1 aromatic rings. The van der Waals surface area contributed by atoms with Gasteiger partial charge in [0.25, 0.3) is 0 Å². The summed E-state index contributed by atoms with van der Waals surface area (Å²) in [6, 6.07) is 0. The number of hydrogen-bond acceptors (Lipinski definition) is 3. The molecule has 0 saturated heterocycles. The Morgan fingerprint density at radius 3 is 2.92 bits per heavy atom. The summed E-state index contributed by atoms with van der Waals surface area (Å²) in [4.78, 5) is 4.36. The topological polar surface area (TPSA) is 35.3 Å². The summed E-state index contributed by atoms with van der Waals surface area (Å²) in [5.41, 5.74) is 0.991. The SMILES string of the molecule is CC(C)c1nc2c(o1)OCCC2. The Hall–Kier alpha value is -0.990. The molecule has 0 aromatic carbocycles. The van der Waals surface area contributed by atoms with Crippen LogP contribution >= 0.6 is 0 Å². The molecule has 3 heteroatoms. The minimum Gasteiger partial charge on any atom is -0.464 e. The molecular formula is C9H13NO2. The number of hydrogen-bond donors (Lipinski definition) is 0. The summed E-state index contributed by atoms with van der Waals surface area (Å²) in [6.07, 6.45) is 2.04. The zero-order valence-corrected chi connectivity index (χ0v) is 7.46. The number of rotatable bonds is 1. The molecule has 0 spiro atoms. The molecule has 3 nitrogen and oxygen atoms in total. The van der Waals surface area contributed by atoms with Gasteiger partial charge >= 0.3 is 5.95 Å². The normalized spacial score (nSPS) is 15.9. The number of nitrogens with zero attached hydrogens (tertiary/aromatic N) is 1. The molecule has 0 radical (unpaired) electrons. The van der Waals surface area contributed by atoms with Crippen molar-refractivity contribution in [1.29, 1.82) is 0 Å². The second-order valence-electron chi connectivity index (χ2n) is 3.39. The van der Waals surface area contributed by atoms with Crippen molar-refractivity contribution in [2.45, 2.75) is 32.6 Å². The average molecular weight is 167 g/mol. The highest BCUT2D eigenvalue weighted by Gasteiger charge is 2.19. The molecule has 1 aliphatic heterocycles. The lowest BCUT2D eigenvalue weighted by Crippen LogP contribution is -2.06. The minimum atomic E-state index is 0.346. The lowest BCUT2D eigenvalue weighted by molar-refractivity contribution is 0.213. The maximum atomic E-state index is 5.43. The van der Waals surface area contributed by atoms with Crippen LogP contribution in [0.25, 0.3) is 0 Å². The van der Waals surface area contributed by atoms with Crippen molar-refractivity contribution in [3.8, 4) is 5.95 Å². The molecule has 0 bridgehead atoms. The van der Waals surface area contributed by atoms with Crippen molar-refractivity contribution >= 4 is 0 Å². The maximum Gasteiger partial charge on any atom is 0.308 e. The Labute approximate surface area is 71.7 Å². The van der Waals surface area contributed by atoms with Gasteiger partial charge in [0, 0.05) is 12.3 Å². The molecule has 2 heterocycles. The Kier molecular flexibility index (Phi) is 1.79. The fourth-order valence-corrected chi connectivity index (χ4v) is 1.28. The molecule has 66 valence electrons. The van der Waals surface area contributed by atoms with E-state index in [1.807, 2.05) is 0 Å². The van der Waals surface area contributed by atoms with Crippen LogP contribution in [0.4, 0.5) is 0 Å². The van der Waals surface area contributed by atoms with Crippen molar-refractivity contribution < 1.29 is 9.15 Å². The molecule has 0 unspecified atom stereocenters. The van der Waals surface area contributed by atoms with Gasteiger partial charge in [-0.3, -0.25) is 0 Å². The zero-order valence-electron chi connectivity index (χ0n) is 7.46. The summed E-state index contributed by atoms with van der Waals surface area (Å²) in [5, 5.41) is 0. The van der Waals surface area contributed by atoms with Crippen LogP contribution < -0.4 is 4.74 Å². The molecule has 0 N–H and O–H groups in total. The fourth-order valence-electron chi connectivity index (χ4n) is 1.28. The van der Waals surface area contributed by atoms with Crippen molar-refractivity contribution in [3.05, 3.63) is 11.6 Å². The van der Waals surface area contributed by atoms with Gasteiger partial charge in [0.1, 0.15) is 5.69 Å². The molecule has 0 saturated carbocycles. The van der Waals surface area contributed by atoms with Crippen LogP contribution in [0.15, 0.2) is 4.42 Å². The summed E-state index contributed by atoms with van der Waals surface area (Å²) < 4.78 is 10.8. The van der Waals surface area contributed by atoms with Crippen LogP contribution in [0.3, 0.4) is 0 Å². The van der Waals surface area contributed by atoms with E-state index in [2.05, 4.69) is 18.8 Å². The predicted molar refractivity (Wildman–Crippen MR) is 44.4 cm³/mol. The van der Waals surface area contributed by atoms with E-state index >= 15 is 0 Å². The summed E-state index contributed by atoms with van der Waals surface area (Å²) in [5.74, 6) is 1.78. The summed E-state index contributed by atoms with van der Waals surface area (Å²) in [6.45, 7) is 4.90. The predicted octanol–water partition coefficient (Wildman–Crippen LogP) is 2.12.